The third-order valence-electron chi connectivity index (χ3n) is 3.59. The molecule has 1 fully saturated rings. The second kappa shape index (κ2) is 4.79. The van der Waals surface area contributed by atoms with E-state index in [9.17, 15) is 0 Å². The van der Waals surface area contributed by atoms with E-state index in [0.717, 1.165) is 18.6 Å². The Hall–Kier alpha value is -1.49. The highest BCUT2D eigenvalue weighted by molar-refractivity contribution is 5.42. The smallest absolute Gasteiger partial charge is 0.137 e. The maximum Gasteiger partial charge on any atom is 0.137 e. The predicted molar refractivity (Wildman–Crippen MR) is 67.8 cm³/mol. The van der Waals surface area contributed by atoms with Crippen LogP contribution in [0, 0.1) is 16.7 Å². The Labute approximate surface area is 103 Å². The first-order valence-corrected chi connectivity index (χ1v) is 6.26. The number of hydrogen-bond acceptors (Lipinski definition) is 2. The molecule has 0 radical (unpaired) electrons. The second-order valence-electron chi connectivity index (χ2n) is 5.59. The molecule has 0 bridgehead atoms. The fourth-order valence-corrected chi connectivity index (χ4v) is 2.33. The van der Waals surface area contributed by atoms with Crippen LogP contribution in [0.25, 0.3) is 0 Å². The molecular formula is C15H19NO. The molecule has 1 saturated carbocycles. The second-order valence-corrected chi connectivity index (χ2v) is 5.59. The van der Waals surface area contributed by atoms with Gasteiger partial charge in [0.1, 0.15) is 11.8 Å². The summed E-state index contributed by atoms with van der Waals surface area (Å²) in [6, 6.07) is 9.66. The van der Waals surface area contributed by atoms with Crippen LogP contribution in [0.2, 0.25) is 0 Å². The van der Waals surface area contributed by atoms with Crippen LogP contribution < -0.4 is 4.74 Å². The maximum absolute atomic E-state index is 9.00. The van der Waals surface area contributed by atoms with Crippen molar-refractivity contribution in [2.45, 2.75) is 45.6 Å². The summed E-state index contributed by atoms with van der Waals surface area (Å²) in [6.45, 7) is 4.62. The Balaban J connectivity index is 2.01. The van der Waals surface area contributed by atoms with E-state index >= 15 is 0 Å². The first-order chi connectivity index (χ1) is 8.11. The molecule has 1 aliphatic carbocycles. The van der Waals surface area contributed by atoms with Crippen molar-refractivity contribution in [3.63, 3.8) is 0 Å². The molecule has 0 aliphatic heterocycles. The minimum atomic E-state index is 0.275. The Bertz CT molecular complexity index is 421. The van der Waals surface area contributed by atoms with E-state index in [1.807, 2.05) is 24.3 Å². The zero-order valence-electron chi connectivity index (χ0n) is 10.6. The van der Waals surface area contributed by atoms with E-state index in [-0.39, 0.29) is 6.10 Å². The van der Waals surface area contributed by atoms with Crippen molar-refractivity contribution in [2.24, 2.45) is 5.41 Å². The van der Waals surface area contributed by atoms with Crippen molar-refractivity contribution in [3.05, 3.63) is 29.8 Å². The van der Waals surface area contributed by atoms with Crippen molar-refractivity contribution in [3.8, 4) is 11.8 Å². The van der Waals surface area contributed by atoms with E-state index in [2.05, 4.69) is 19.9 Å². The van der Waals surface area contributed by atoms with Crippen molar-refractivity contribution in [1.82, 2.24) is 0 Å². The molecule has 0 amide bonds. The summed E-state index contributed by atoms with van der Waals surface area (Å²) >= 11 is 0. The maximum atomic E-state index is 9.00. The van der Waals surface area contributed by atoms with Crippen LogP contribution in [0.15, 0.2) is 24.3 Å². The molecule has 0 unspecified atom stereocenters. The quantitative estimate of drug-likeness (QED) is 0.770. The lowest BCUT2D eigenvalue weighted by Crippen LogP contribution is -2.28. The molecule has 2 nitrogen and oxygen atoms in total. The molecule has 0 heterocycles. The summed E-state index contributed by atoms with van der Waals surface area (Å²) < 4.78 is 5.95. The molecule has 17 heavy (non-hydrogen) atoms. The van der Waals surface area contributed by atoms with Gasteiger partial charge in [-0.05, 0) is 43.2 Å². The lowest BCUT2D eigenvalue weighted by Gasteiger charge is -2.34. The number of ether oxygens (including phenoxy) is 1. The van der Waals surface area contributed by atoms with E-state index in [1.54, 1.807) is 0 Å². The van der Waals surface area contributed by atoms with Gasteiger partial charge in [-0.3, -0.25) is 0 Å². The predicted octanol–water partition coefficient (Wildman–Crippen LogP) is 3.91. The van der Waals surface area contributed by atoms with Crippen molar-refractivity contribution in [2.75, 3.05) is 0 Å². The molecule has 0 saturated heterocycles. The Morgan fingerprint density at radius 2 is 1.88 bits per heavy atom. The monoisotopic (exact) mass is 229 g/mol. The molecule has 0 spiro atoms. The van der Waals surface area contributed by atoms with Crippen LogP contribution in [-0.4, -0.2) is 6.10 Å². The Morgan fingerprint density at radius 1 is 1.24 bits per heavy atom. The lowest BCUT2D eigenvalue weighted by atomic mass is 9.76. The zero-order valence-corrected chi connectivity index (χ0v) is 10.6. The van der Waals surface area contributed by atoms with Gasteiger partial charge in [-0.1, -0.05) is 26.0 Å². The van der Waals surface area contributed by atoms with Gasteiger partial charge in [0.25, 0.3) is 0 Å². The molecule has 90 valence electrons. The van der Waals surface area contributed by atoms with E-state index in [1.165, 1.54) is 12.8 Å². The number of hydrogen-bond donors (Lipinski definition) is 0. The Kier molecular flexibility index (Phi) is 3.38. The highest BCUT2D eigenvalue weighted by Crippen LogP contribution is 2.36. The van der Waals surface area contributed by atoms with Crippen LogP contribution in [0.1, 0.15) is 45.1 Å². The minimum Gasteiger partial charge on any atom is -0.489 e. The van der Waals surface area contributed by atoms with Crippen LogP contribution in [0.3, 0.4) is 0 Å². The molecule has 0 aromatic heterocycles. The van der Waals surface area contributed by atoms with Gasteiger partial charge in [0, 0.05) is 0 Å². The number of nitrogens with zero attached hydrogens (tertiary/aromatic N) is 1. The van der Waals surface area contributed by atoms with Crippen molar-refractivity contribution >= 4 is 0 Å². The molecule has 1 aliphatic rings. The normalized spacial score (nSPS) is 19.6. The van der Waals surface area contributed by atoms with Crippen LogP contribution in [0.5, 0.6) is 5.75 Å². The zero-order chi connectivity index (χ0) is 12.3. The van der Waals surface area contributed by atoms with Crippen LogP contribution in [-0.2, 0) is 0 Å². The molecule has 0 N–H and O–H groups in total. The van der Waals surface area contributed by atoms with Gasteiger partial charge in [0.05, 0.1) is 11.7 Å². The minimum absolute atomic E-state index is 0.275. The fraction of sp³-hybridized carbons (Fsp3) is 0.533. The highest BCUT2D eigenvalue weighted by atomic mass is 16.5. The van der Waals surface area contributed by atoms with Gasteiger partial charge in [0.15, 0.2) is 0 Å². The summed E-state index contributed by atoms with van der Waals surface area (Å²) in [5.74, 6) is 0.736. The molecule has 1 aromatic carbocycles. The van der Waals surface area contributed by atoms with Gasteiger partial charge in [-0.15, -0.1) is 0 Å². The number of benzene rings is 1. The topological polar surface area (TPSA) is 33.0 Å². The molecule has 2 heteroatoms. The van der Waals surface area contributed by atoms with Crippen molar-refractivity contribution < 1.29 is 4.74 Å². The summed E-state index contributed by atoms with van der Waals surface area (Å²) in [5, 5.41) is 9.00. The van der Waals surface area contributed by atoms with E-state index in [0.29, 0.717) is 11.0 Å². The molecule has 0 atom stereocenters. The van der Waals surface area contributed by atoms with Crippen LogP contribution >= 0.6 is 0 Å². The van der Waals surface area contributed by atoms with Crippen molar-refractivity contribution in [1.29, 1.82) is 5.26 Å². The first-order valence-electron chi connectivity index (χ1n) is 6.26. The average Bonchev–Trinajstić information content (AvgIpc) is 2.32. The summed E-state index contributed by atoms with van der Waals surface area (Å²) in [4.78, 5) is 0. The van der Waals surface area contributed by atoms with Gasteiger partial charge < -0.3 is 4.74 Å². The van der Waals surface area contributed by atoms with E-state index in [4.69, 9.17) is 10.00 Å². The van der Waals surface area contributed by atoms with E-state index < -0.39 is 0 Å². The fourth-order valence-electron chi connectivity index (χ4n) is 2.33. The highest BCUT2D eigenvalue weighted by Gasteiger charge is 2.28. The van der Waals surface area contributed by atoms with Crippen LogP contribution in [0.4, 0.5) is 0 Å². The van der Waals surface area contributed by atoms with Gasteiger partial charge in [-0.25, -0.2) is 0 Å². The summed E-state index contributed by atoms with van der Waals surface area (Å²) in [6.07, 6.45) is 4.86. The number of rotatable bonds is 2. The largest absolute Gasteiger partial charge is 0.489 e. The standard InChI is InChI=1S/C15H19NO/c1-15(2)9-7-13(8-10-15)17-14-6-4-3-5-12(14)11-16/h3-6,13H,7-10H2,1-2H3. The third kappa shape index (κ3) is 3.00. The van der Waals surface area contributed by atoms with Gasteiger partial charge >= 0.3 is 0 Å². The first kappa shape index (κ1) is 12.0. The third-order valence-corrected chi connectivity index (χ3v) is 3.59. The summed E-state index contributed by atoms with van der Waals surface area (Å²) in [5.41, 5.74) is 1.09. The van der Waals surface area contributed by atoms with Gasteiger partial charge in [-0.2, -0.15) is 5.26 Å². The lowest BCUT2D eigenvalue weighted by molar-refractivity contribution is 0.0985. The molecular weight excluding hydrogens is 210 g/mol. The van der Waals surface area contributed by atoms with Gasteiger partial charge in [0.2, 0.25) is 0 Å². The Morgan fingerprint density at radius 3 is 2.53 bits per heavy atom. The molecule has 1 aromatic rings. The SMILES string of the molecule is CC1(C)CCC(Oc2ccccc2C#N)CC1. The number of para-hydroxylation sites is 1. The summed E-state index contributed by atoms with van der Waals surface area (Å²) in [7, 11) is 0. The molecule has 2 rings (SSSR count). The average molecular weight is 229 g/mol. The number of nitriles is 1.